The van der Waals surface area contributed by atoms with Crippen LogP contribution in [0.4, 0.5) is 5.69 Å². The summed E-state index contributed by atoms with van der Waals surface area (Å²) < 4.78 is 5.11. The van der Waals surface area contributed by atoms with E-state index in [0.717, 1.165) is 19.4 Å². The summed E-state index contributed by atoms with van der Waals surface area (Å²) in [5, 5.41) is 0.475. The van der Waals surface area contributed by atoms with E-state index in [1.807, 2.05) is 6.07 Å². The maximum atomic E-state index is 12.8. The van der Waals surface area contributed by atoms with E-state index in [1.54, 1.807) is 13.8 Å². The molecule has 0 spiro atoms. The average Bonchev–Trinajstić information content (AvgIpc) is 3.04. The van der Waals surface area contributed by atoms with Gasteiger partial charge in [-0.1, -0.05) is 18.2 Å². The van der Waals surface area contributed by atoms with Gasteiger partial charge in [-0.2, -0.15) is 0 Å². The number of hydrogen-bond acceptors (Lipinski definition) is 6. The van der Waals surface area contributed by atoms with Gasteiger partial charge in [-0.05, 0) is 50.8 Å². The highest BCUT2D eigenvalue weighted by Gasteiger charge is 2.26. The second-order valence-corrected chi connectivity index (χ2v) is 8.01. The van der Waals surface area contributed by atoms with Crippen LogP contribution in [-0.2, 0) is 11.2 Å². The molecule has 0 saturated carbocycles. The summed E-state index contributed by atoms with van der Waals surface area (Å²) in [6.07, 6.45) is 2.13. The van der Waals surface area contributed by atoms with Crippen molar-refractivity contribution in [2.45, 2.75) is 39.7 Å². The first kappa shape index (κ1) is 18.7. The first-order valence-electron chi connectivity index (χ1n) is 9.56. The predicted molar refractivity (Wildman–Crippen MR) is 111 cm³/mol. The fourth-order valence-corrected chi connectivity index (χ4v) is 4.94. The van der Waals surface area contributed by atoms with Crippen LogP contribution >= 0.6 is 11.3 Å². The molecule has 146 valence electrons. The molecule has 1 atom stereocenters. The van der Waals surface area contributed by atoms with Crippen LogP contribution in [-0.4, -0.2) is 29.1 Å². The fraction of sp³-hybridized carbons (Fsp3) is 0.381. The van der Waals surface area contributed by atoms with Gasteiger partial charge in [-0.25, -0.2) is 9.78 Å². The Labute approximate surface area is 167 Å². The molecule has 28 heavy (non-hydrogen) atoms. The van der Waals surface area contributed by atoms with Gasteiger partial charge in [0.15, 0.2) is 0 Å². The lowest BCUT2D eigenvalue weighted by Crippen LogP contribution is -2.33. The molecule has 7 heteroatoms. The number of aryl methyl sites for hydroxylation is 2. The molecule has 1 aromatic carbocycles. The Morgan fingerprint density at radius 3 is 2.96 bits per heavy atom. The highest BCUT2D eigenvalue weighted by Crippen LogP contribution is 2.34. The van der Waals surface area contributed by atoms with E-state index in [4.69, 9.17) is 9.72 Å². The van der Waals surface area contributed by atoms with Crippen molar-refractivity contribution in [2.75, 3.05) is 18.1 Å². The second-order valence-electron chi connectivity index (χ2n) is 7.01. The van der Waals surface area contributed by atoms with Crippen LogP contribution in [0.1, 0.15) is 52.9 Å². The third-order valence-electron chi connectivity index (χ3n) is 5.29. The number of nitrogens with one attached hydrogen (secondary N) is 1. The minimum atomic E-state index is -0.401. The van der Waals surface area contributed by atoms with E-state index in [0.29, 0.717) is 33.1 Å². The van der Waals surface area contributed by atoms with Gasteiger partial charge in [0.25, 0.3) is 5.56 Å². The molecular formula is C21H23N3O3S. The maximum Gasteiger partial charge on any atom is 0.348 e. The molecule has 6 nitrogen and oxygen atoms in total. The molecular weight excluding hydrogens is 374 g/mol. The van der Waals surface area contributed by atoms with Crippen LogP contribution in [0.2, 0.25) is 0 Å². The normalized spacial score (nSPS) is 14.8. The summed E-state index contributed by atoms with van der Waals surface area (Å²) in [4.78, 5) is 36.0. The minimum Gasteiger partial charge on any atom is -0.462 e. The number of carbonyl (C=O) groups is 1. The highest BCUT2D eigenvalue weighted by molar-refractivity contribution is 7.20. The zero-order valence-electron chi connectivity index (χ0n) is 16.2. The quantitative estimate of drug-likeness (QED) is 0.674. The highest BCUT2D eigenvalue weighted by atomic mass is 32.1. The van der Waals surface area contributed by atoms with E-state index < -0.39 is 5.97 Å². The van der Waals surface area contributed by atoms with Crippen molar-refractivity contribution in [1.29, 1.82) is 0 Å². The zero-order chi connectivity index (χ0) is 19.8. The van der Waals surface area contributed by atoms with Gasteiger partial charge in [0, 0.05) is 12.2 Å². The number of esters is 1. The SMILES string of the molecule is CCOC(=O)c1sc2nc([C@@H](C)N3CCCc4ccccc43)[nH]c(=O)c2c1C. The molecule has 0 fully saturated rings. The largest absolute Gasteiger partial charge is 0.462 e. The lowest BCUT2D eigenvalue weighted by Gasteiger charge is -2.35. The van der Waals surface area contributed by atoms with Crippen molar-refractivity contribution < 1.29 is 9.53 Å². The van der Waals surface area contributed by atoms with Crippen LogP contribution in [0, 0.1) is 6.92 Å². The molecule has 1 aliphatic heterocycles. The van der Waals surface area contributed by atoms with Gasteiger partial charge >= 0.3 is 5.97 Å². The lowest BCUT2D eigenvalue weighted by molar-refractivity contribution is 0.0531. The molecule has 0 aliphatic carbocycles. The molecule has 0 saturated heterocycles. The van der Waals surface area contributed by atoms with E-state index in [-0.39, 0.29) is 11.6 Å². The van der Waals surface area contributed by atoms with Gasteiger partial charge in [-0.15, -0.1) is 11.3 Å². The molecule has 0 unspecified atom stereocenters. The summed E-state index contributed by atoms with van der Waals surface area (Å²) in [6, 6.07) is 8.30. The monoisotopic (exact) mass is 397 g/mol. The summed E-state index contributed by atoms with van der Waals surface area (Å²) in [6.45, 7) is 6.80. The lowest BCUT2D eigenvalue weighted by atomic mass is 10.00. The number of nitrogens with zero attached hydrogens (tertiary/aromatic N) is 2. The van der Waals surface area contributed by atoms with Crippen LogP contribution < -0.4 is 10.5 Å². The number of fused-ring (bicyclic) bond motifs is 2. The Balaban J connectivity index is 1.76. The molecule has 0 amide bonds. The third kappa shape index (κ3) is 3.09. The first-order valence-corrected chi connectivity index (χ1v) is 10.4. The topological polar surface area (TPSA) is 75.3 Å². The molecule has 1 N–H and O–H groups in total. The number of carbonyl (C=O) groups excluding carboxylic acids is 1. The first-order chi connectivity index (χ1) is 13.5. The number of benzene rings is 1. The zero-order valence-corrected chi connectivity index (χ0v) is 17.1. The number of para-hydroxylation sites is 1. The number of rotatable bonds is 4. The molecule has 0 bridgehead atoms. The summed E-state index contributed by atoms with van der Waals surface area (Å²) in [7, 11) is 0. The smallest absolute Gasteiger partial charge is 0.348 e. The van der Waals surface area contributed by atoms with Crippen molar-refractivity contribution >= 4 is 33.2 Å². The molecule has 2 aromatic heterocycles. The van der Waals surface area contributed by atoms with Crippen molar-refractivity contribution in [3.05, 3.63) is 56.4 Å². The summed E-state index contributed by atoms with van der Waals surface area (Å²) in [5.41, 5.74) is 2.94. The molecule has 0 radical (unpaired) electrons. The van der Waals surface area contributed by atoms with Crippen molar-refractivity contribution in [3.63, 3.8) is 0 Å². The fourth-order valence-electron chi connectivity index (χ4n) is 3.86. The predicted octanol–water partition coefficient (Wildman–Crippen LogP) is 3.98. The van der Waals surface area contributed by atoms with Crippen LogP contribution in [0.5, 0.6) is 0 Å². The van der Waals surface area contributed by atoms with Gasteiger partial charge in [-0.3, -0.25) is 4.79 Å². The van der Waals surface area contributed by atoms with Crippen LogP contribution in [0.15, 0.2) is 29.1 Å². The Bertz CT molecular complexity index is 1100. The number of aromatic nitrogens is 2. The van der Waals surface area contributed by atoms with Gasteiger partial charge in [0.05, 0.1) is 18.0 Å². The Morgan fingerprint density at radius 1 is 1.39 bits per heavy atom. The summed E-state index contributed by atoms with van der Waals surface area (Å²) >= 11 is 1.23. The number of H-pyrrole nitrogens is 1. The van der Waals surface area contributed by atoms with Crippen LogP contribution in [0.3, 0.4) is 0 Å². The van der Waals surface area contributed by atoms with E-state index in [1.165, 1.54) is 22.6 Å². The second kappa shape index (κ2) is 7.39. The van der Waals surface area contributed by atoms with Gasteiger partial charge in [0.1, 0.15) is 15.5 Å². The molecule has 3 aromatic rings. The van der Waals surface area contributed by atoms with Crippen molar-refractivity contribution in [1.82, 2.24) is 9.97 Å². The van der Waals surface area contributed by atoms with Gasteiger partial charge < -0.3 is 14.6 Å². The Kier molecular flexibility index (Phi) is 4.93. The number of ether oxygens (including phenoxy) is 1. The Hall–Kier alpha value is -2.67. The average molecular weight is 398 g/mol. The van der Waals surface area contributed by atoms with E-state index in [2.05, 4.69) is 35.0 Å². The number of anilines is 1. The minimum absolute atomic E-state index is 0.0769. The van der Waals surface area contributed by atoms with Gasteiger partial charge in [0.2, 0.25) is 0 Å². The van der Waals surface area contributed by atoms with E-state index in [9.17, 15) is 9.59 Å². The maximum absolute atomic E-state index is 12.8. The number of hydrogen-bond donors (Lipinski definition) is 1. The molecule has 3 heterocycles. The van der Waals surface area contributed by atoms with E-state index >= 15 is 0 Å². The number of aromatic amines is 1. The molecule has 4 rings (SSSR count). The summed E-state index contributed by atoms with van der Waals surface area (Å²) in [5.74, 6) is 0.216. The number of thiophene rings is 1. The molecule has 1 aliphatic rings. The van der Waals surface area contributed by atoms with Crippen molar-refractivity contribution in [3.8, 4) is 0 Å². The standard InChI is InChI=1S/C21H23N3O3S/c1-4-27-21(26)17-12(2)16-19(25)22-18(23-20(16)28-17)13(3)24-11-7-9-14-8-5-6-10-15(14)24/h5-6,8,10,13H,4,7,9,11H2,1-3H3,(H,22,23,25)/t13-/m1/s1. The van der Waals surface area contributed by atoms with Crippen LogP contribution in [0.25, 0.3) is 10.2 Å². The van der Waals surface area contributed by atoms with Crippen molar-refractivity contribution in [2.24, 2.45) is 0 Å². The third-order valence-corrected chi connectivity index (χ3v) is 6.45. The Morgan fingerprint density at radius 2 is 2.18 bits per heavy atom.